The van der Waals surface area contributed by atoms with Crippen molar-refractivity contribution in [2.24, 2.45) is 0 Å². The Kier molecular flexibility index (Phi) is 6.07. The fourth-order valence-electron chi connectivity index (χ4n) is 2.95. The highest BCUT2D eigenvalue weighted by Crippen LogP contribution is 2.25. The minimum atomic E-state index is 0.630. The van der Waals surface area contributed by atoms with Crippen molar-refractivity contribution in [2.75, 3.05) is 20.2 Å². The molecular weight excluding hydrogens is 310 g/mol. The van der Waals surface area contributed by atoms with E-state index < -0.39 is 0 Å². The SMILES string of the molecule is CCCCc1cc2ccccc2c(OCCN(C)Cc2ccc[nH]2)n1. The van der Waals surface area contributed by atoms with Gasteiger partial charge in [0.15, 0.2) is 0 Å². The van der Waals surface area contributed by atoms with Crippen LogP contribution in [0.4, 0.5) is 0 Å². The topological polar surface area (TPSA) is 41.1 Å². The van der Waals surface area contributed by atoms with E-state index in [1.807, 2.05) is 18.3 Å². The Morgan fingerprint density at radius 3 is 2.84 bits per heavy atom. The zero-order valence-electron chi connectivity index (χ0n) is 15.2. The number of likely N-dealkylation sites (N-methyl/N-ethyl adjacent to an activating group) is 1. The summed E-state index contributed by atoms with van der Waals surface area (Å²) in [5, 5.41) is 2.30. The number of rotatable bonds is 9. The van der Waals surface area contributed by atoms with Crippen LogP contribution in [0.2, 0.25) is 0 Å². The number of H-pyrrole nitrogens is 1. The van der Waals surface area contributed by atoms with Crippen molar-refractivity contribution in [3.63, 3.8) is 0 Å². The molecule has 2 heterocycles. The van der Waals surface area contributed by atoms with Crippen LogP contribution in [0.3, 0.4) is 0 Å². The van der Waals surface area contributed by atoms with E-state index >= 15 is 0 Å². The maximum atomic E-state index is 6.07. The molecule has 0 saturated carbocycles. The number of nitrogens with zero attached hydrogens (tertiary/aromatic N) is 2. The van der Waals surface area contributed by atoms with Gasteiger partial charge in [-0.15, -0.1) is 0 Å². The Labute approximate surface area is 149 Å². The molecule has 1 aromatic carbocycles. The summed E-state index contributed by atoms with van der Waals surface area (Å²) in [7, 11) is 2.10. The van der Waals surface area contributed by atoms with Crippen molar-refractivity contribution in [3.8, 4) is 5.88 Å². The van der Waals surface area contributed by atoms with Gasteiger partial charge in [0.25, 0.3) is 0 Å². The van der Waals surface area contributed by atoms with E-state index in [2.05, 4.69) is 54.2 Å². The summed E-state index contributed by atoms with van der Waals surface area (Å²) in [5.74, 6) is 0.762. The molecule has 2 aromatic heterocycles. The Bertz CT molecular complexity index is 783. The van der Waals surface area contributed by atoms with Crippen LogP contribution in [0.5, 0.6) is 5.88 Å². The van der Waals surface area contributed by atoms with Crippen LogP contribution < -0.4 is 4.74 Å². The number of pyridine rings is 1. The fraction of sp³-hybridized carbons (Fsp3) is 0.381. The minimum Gasteiger partial charge on any atom is -0.476 e. The molecule has 0 aliphatic rings. The summed E-state index contributed by atoms with van der Waals surface area (Å²) in [6.07, 6.45) is 5.29. The first-order valence-corrected chi connectivity index (χ1v) is 9.08. The second-order valence-corrected chi connectivity index (χ2v) is 6.53. The first-order valence-electron chi connectivity index (χ1n) is 9.08. The van der Waals surface area contributed by atoms with Gasteiger partial charge in [0.05, 0.1) is 0 Å². The van der Waals surface area contributed by atoms with E-state index in [1.165, 1.54) is 17.5 Å². The Hall–Kier alpha value is -2.33. The number of fused-ring (bicyclic) bond motifs is 1. The lowest BCUT2D eigenvalue weighted by Crippen LogP contribution is -2.24. The summed E-state index contributed by atoms with van der Waals surface area (Å²) >= 11 is 0. The highest BCUT2D eigenvalue weighted by Gasteiger charge is 2.08. The van der Waals surface area contributed by atoms with Gasteiger partial charge in [-0.2, -0.15) is 0 Å². The van der Waals surface area contributed by atoms with Crippen LogP contribution in [0, 0.1) is 0 Å². The lowest BCUT2D eigenvalue weighted by Gasteiger charge is -2.17. The molecule has 3 rings (SSSR count). The molecule has 0 fully saturated rings. The summed E-state index contributed by atoms with van der Waals surface area (Å²) in [6, 6.07) is 14.6. The average Bonchev–Trinajstić information content (AvgIpc) is 3.12. The van der Waals surface area contributed by atoms with Gasteiger partial charge in [-0.3, -0.25) is 4.90 Å². The van der Waals surface area contributed by atoms with Crippen molar-refractivity contribution in [3.05, 3.63) is 60.0 Å². The van der Waals surface area contributed by atoms with Crippen molar-refractivity contribution in [1.82, 2.24) is 14.9 Å². The smallest absolute Gasteiger partial charge is 0.221 e. The van der Waals surface area contributed by atoms with Crippen molar-refractivity contribution in [1.29, 1.82) is 0 Å². The first-order chi connectivity index (χ1) is 12.3. The van der Waals surface area contributed by atoms with Crippen molar-refractivity contribution >= 4 is 10.8 Å². The number of hydrogen-bond acceptors (Lipinski definition) is 3. The zero-order valence-corrected chi connectivity index (χ0v) is 15.2. The standard InChI is InChI=1S/C21H27N3O/c1-3-4-9-18-15-17-8-5-6-11-20(17)21(23-18)25-14-13-24(2)16-19-10-7-12-22-19/h5-8,10-12,15,22H,3-4,9,13-14,16H2,1-2H3. The molecule has 4 heteroatoms. The number of aromatic amines is 1. The Morgan fingerprint density at radius 2 is 2.04 bits per heavy atom. The van der Waals surface area contributed by atoms with Crippen LogP contribution in [-0.4, -0.2) is 35.1 Å². The van der Waals surface area contributed by atoms with Gasteiger partial charge in [0.1, 0.15) is 6.61 Å². The third-order valence-corrected chi connectivity index (χ3v) is 4.36. The van der Waals surface area contributed by atoms with Crippen LogP contribution in [0.25, 0.3) is 10.8 Å². The van der Waals surface area contributed by atoms with Crippen LogP contribution in [-0.2, 0) is 13.0 Å². The molecule has 0 spiro atoms. The summed E-state index contributed by atoms with van der Waals surface area (Å²) < 4.78 is 6.07. The maximum absolute atomic E-state index is 6.07. The number of benzene rings is 1. The van der Waals surface area contributed by atoms with Gasteiger partial charge >= 0.3 is 0 Å². The zero-order chi connectivity index (χ0) is 17.5. The van der Waals surface area contributed by atoms with Gasteiger partial charge in [0, 0.05) is 36.1 Å². The van der Waals surface area contributed by atoms with E-state index in [-0.39, 0.29) is 0 Å². The molecular formula is C21H27N3O. The lowest BCUT2D eigenvalue weighted by molar-refractivity contribution is 0.228. The minimum absolute atomic E-state index is 0.630. The molecule has 0 aliphatic heterocycles. The second-order valence-electron chi connectivity index (χ2n) is 6.53. The second kappa shape index (κ2) is 8.67. The largest absolute Gasteiger partial charge is 0.476 e. The number of hydrogen-bond donors (Lipinski definition) is 1. The molecule has 0 atom stereocenters. The fourth-order valence-corrected chi connectivity index (χ4v) is 2.95. The number of nitrogens with one attached hydrogen (secondary N) is 1. The monoisotopic (exact) mass is 337 g/mol. The van der Waals surface area contributed by atoms with E-state index in [0.717, 1.165) is 42.9 Å². The molecule has 0 radical (unpaired) electrons. The normalized spacial score (nSPS) is 11.3. The third kappa shape index (κ3) is 4.83. The summed E-state index contributed by atoms with van der Waals surface area (Å²) in [4.78, 5) is 10.2. The molecule has 0 aliphatic carbocycles. The van der Waals surface area contributed by atoms with E-state index in [4.69, 9.17) is 9.72 Å². The molecule has 1 N–H and O–H groups in total. The van der Waals surface area contributed by atoms with Gasteiger partial charge < -0.3 is 9.72 Å². The van der Waals surface area contributed by atoms with Gasteiger partial charge in [-0.25, -0.2) is 4.98 Å². The molecule has 0 bridgehead atoms. The summed E-state index contributed by atoms with van der Waals surface area (Å²) in [6.45, 7) is 4.58. The molecule has 25 heavy (non-hydrogen) atoms. The summed E-state index contributed by atoms with van der Waals surface area (Å²) in [5.41, 5.74) is 2.34. The Balaban J connectivity index is 1.65. The van der Waals surface area contributed by atoms with Gasteiger partial charge in [-0.1, -0.05) is 31.5 Å². The van der Waals surface area contributed by atoms with Crippen LogP contribution >= 0.6 is 0 Å². The van der Waals surface area contributed by atoms with E-state index in [9.17, 15) is 0 Å². The number of unbranched alkanes of at least 4 members (excludes halogenated alkanes) is 1. The van der Waals surface area contributed by atoms with Crippen LogP contribution in [0.1, 0.15) is 31.2 Å². The quantitative estimate of drug-likeness (QED) is 0.628. The maximum Gasteiger partial charge on any atom is 0.221 e. The molecule has 0 unspecified atom stereocenters. The van der Waals surface area contributed by atoms with Crippen molar-refractivity contribution in [2.45, 2.75) is 32.7 Å². The molecule has 0 saturated heterocycles. The van der Waals surface area contributed by atoms with Crippen LogP contribution in [0.15, 0.2) is 48.7 Å². The molecule has 3 aromatic rings. The lowest BCUT2D eigenvalue weighted by atomic mass is 10.1. The molecule has 0 amide bonds. The third-order valence-electron chi connectivity index (χ3n) is 4.36. The predicted octanol–water partition coefficient (Wildman–Crippen LogP) is 4.42. The van der Waals surface area contributed by atoms with Gasteiger partial charge in [-0.05, 0) is 49.5 Å². The van der Waals surface area contributed by atoms with Gasteiger partial charge in [0.2, 0.25) is 5.88 Å². The first kappa shape index (κ1) is 17.5. The number of ether oxygens (including phenoxy) is 1. The Morgan fingerprint density at radius 1 is 1.16 bits per heavy atom. The number of aryl methyl sites for hydroxylation is 1. The highest BCUT2D eigenvalue weighted by atomic mass is 16.5. The predicted molar refractivity (Wildman–Crippen MR) is 103 cm³/mol. The molecule has 4 nitrogen and oxygen atoms in total. The average molecular weight is 337 g/mol. The van der Waals surface area contributed by atoms with Crippen molar-refractivity contribution < 1.29 is 4.74 Å². The highest BCUT2D eigenvalue weighted by molar-refractivity contribution is 5.87. The van der Waals surface area contributed by atoms with E-state index in [1.54, 1.807) is 0 Å². The molecule has 132 valence electrons. The van der Waals surface area contributed by atoms with E-state index in [0.29, 0.717) is 6.61 Å². The number of aromatic nitrogens is 2.